The Balaban J connectivity index is 2.12. The molecule has 0 fully saturated rings. The van der Waals surface area contributed by atoms with E-state index in [9.17, 15) is 9.59 Å². The summed E-state index contributed by atoms with van der Waals surface area (Å²) >= 11 is 0. The first-order valence-corrected chi connectivity index (χ1v) is 5.41. The smallest absolute Gasteiger partial charge is 0.191 e. The van der Waals surface area contributed by atoms with E-state index in [1.807, 2.05) is 24.3 Å². The van der Waals surface area contributed by atoms with Gasteiger partial charge in [0.1, 0.15) is 11.9 Å². The Bertz CT molecular complexity index is 423. The van der Waals surface area contributed by atoms with Gasteiger partial charge in [-0.15, -0.1) is 0 Å². The van der Waals surface area contributed by atoms with Crippen molar-refractivity contribution in [1.82, 2.24) is 0 Å². The van der Waals surface area contributed by atoms with E-state index in [-0.39, 0.29) is 11.6 Å². The molecule has 1 aromatic rings. The Hall–Kier alpha value is -1.48. The molecule has 0 aliphatic carbocycles. The van der Waals surface area contributed by atoms with Crippen molar-refractivity contribution >= 4 is 11.6 Å². The number of ketones is 2. The highest BCUT2D eigenvalue weighted by Crippen LogP contribution is 2.22. The van der Waals surface area contributed by atoms with Crippen LogP contribution >= 0.6 is 0 Å². The topological polar surface area (TPSA) is 43.4 Å². The fourth-order valence-corrected chi connectivity index (χ4v) is 1.87. The first-order valence-electron chi connectivity index (χ1n) is 5.41. The van der Waals surface area contributed by atoms with Crippen molar-refractivity contribution in [1.29, 1.82) is 0 Å². The average molecular weight is 218 g/mol. The van der Waals surface area contributed by atoms with E-state index in [4.69, 9.17) is 4.74 Å². The number of fused-ring (bicyclic) bond motifs is 1. The van der Waals surface area contributed by atoms with Crippen LogP contribution in [0.1, 0.15) is 35.7 Å². The Morgan fingerprint density at radius 2 is 2.19 bits per heavy atom. The van der Waals surface area contributed by atoms with Crippen molar-refractivity contribution in [3.63, 3.8) is 0 Å². The molecule has 16 heavy (non-hydrogen) atoms. The van der Waals surface area contributed by atoms with Crippen LogP contribution in [0.3, 0.4) is 0 Å². The van der Waals surface area contributed by atoms with Gasteiger partial charge in [-0.1, -0.05) is 24.3 Å². The summed E-state index contributed by atoms with van der Waals surface area (Å²) in [5.41, 5.74) is 1.67. The van der Waals surface area contributed by atoms with Crippen LogP contribution in [0.5, 0.6) is 0 Å². The van der Waals surface area contributed by atoms with Crippen LogP contribution in [0.15, 0.2) is 24.3 Å². The van der Waals surface area contributed by atoms with Gasteiger partial charge in [0, 0.05) is 12.0 Å². The van der Waals surface area contributed by atoms with Crippen LogP contribution in [0.2, 0.25) is 0 Å². The number of hydrogen-bond acceptors (Lipinski definition) is 3. The largest absolute Gasteiger partial charge is 0.365 e. The van der Waals surface area contributed by atoms with E-state index < -0.39 is 6.10 Å². The van der Waals surface area contributed by atoms with Crippen LogP contribution in [-0.2, 0) is 16.1 Å². The minimum Gasteiger partial charge on any atom is -0.365 e. The molecule has 1 aromatic carbocycles. The first kappa shape index (κ1) is 11.0. The maximum atomic E-state index is 12.0. The van der Waals surface area contributed by atoms with Gasteiger partial charge in [0.05, 0.1) is 6.61 Å². The van der Waals surface area contributed by atoms with E-state index >= 15 is 0 Å². The van der Waals surface area contributed by atoms with Crippen LogP contribution in [0, 0.1) is 0 Å². The molecule has 2 rings (SSSR count). The molecule has 3 nitrogen and oxygen atoms in total. The standard InChI is InChI=1S/C13H14O3/c1-9(14)6-7-12-13(15)11-5-3-2-4-10(11)8-16-12/h2-5,12H,6-8H2,1H3. The summed E-state index contributed by atoms with van der Waals surface area (Å²) in [6.45, 7) is 1.99. The van der Waals surface area contributed by atoms with E-state index in [0.29, 0.717) is 19.4 Å². The monoisotopic (exact) mass is 218 g/mol. The lowest BCUT2D eigenvalue weighted by atomic mass is 9.95. The molecule has 0 saturated heterocycles. The van der Waals surface area contributed by atoms with Crippen molar-refractivity contribution in [3.05, 3.63) is 35.4 Å². The fourth-order valence-electron chi connectivity index (χ4n) is 1.87. The molecule has 0 aromatic heterocycles. The highest BCUT2D eigenvalue weighted by Gasteiger charge is 2.27. The molecule has 3 heteroatoms. The Morgan fingerprint density at radius 3 is 2.94 bits per heavy atom. The molecular formula is C13H14O3. The Kier molecular flexibility index (Phi) is 3.15. The second-order valence-corrected chi connectivity index (χ2v) is 4.06. The second-order valence-electron chi connectivity index (χ2n) is 4.06. The first-order chi connectivity index (χ1) is 7.68. The van der Waals surface area contributed by atoms with Gasteiger partial charge in [0.15, 0.2) is 5.78 Å². The van der Waals surface area contributed by atoms with E-state index in [0.717, 1.165) is 11.1 Å². The molecule has 0 radical (unpaired) electrons. The number of hydrogen-bond donors (Lipinski definition) is 0. The van der Waals surface area contributed by atoms with Crippen molar-refractivity contribution < 1.29 is 14.3 Å². The van der Waals surface area contributed by atoms with Crippen molar-refractivity contribution in [2.45, 2.75) is 32.5 Å². The number of carbonyl (C=O) groups excluding carboxylic acids is 2. The lowest BCUT2D eigenvalue weighted by Crippen LogP contribution is -2.30. The van der Waals surface area contributed by atoms with Crippen LogP contribution in [0.4, 0.5) is 0 Å². The zero-order valence-corrected chi connectivity index (χ0v) is 9.23. The number of Topliss-reactive ketones (excluding diaryl/α,β-unsaturated/α-hetero) is 2. The molecule has 0 amide bonds. The van der Waals surface area contributed by atoms with Crippen LogP contribution in [-0.4, -0.2) is 17.7 Å². The lowest BCUT2D eigenvalue weighted by molar-refractivity contribution is -0.117. The van der Waals surface area contributed by atoms with E-state index in [1.54, 1.807) is 0 Å². The minimum absolute atomic E-state index is 0.00287. The minimum atomic E-state index is -0.446. The molecule has 0 saturated carbocycles. The van der Waals surface area contributed by atoms with Crippen molar-refractivity contribution in [2.75, 3.05) is 0 Å². The van der Waals surface area contributed by atoms with Crippen LogP contribution in [0.25, 0.3) is 0 Å². The van der Waals surface area contributed by atoms with Crippen molar-refractivity contribution in [3.8, 4) is 0 Å². The number of benzene rings is 1. The number of carbonyl (C=O) groups is 2. The molecule has 1 aliphatic rings. The molecule has 1 heterocycles. The summed E-state index contributed by atoms with van der Waals surface area (Å²) in [4.78, 5) is 22.9. The van der Waals surface area contributed by atoms with Gasteiger partial charge in [-0.05, 0) is 18.9 Å². The molecule has 0 N–H and O–H groups in total. The van der Waals surface area contributed by atoms with Gasteiger partial charge in [-0.3, -0.25) is 4.79 Å². The maximum Gasteiger partial charge on any atom is 0.191 e. The third-order valence-corrected chi connectivity index (χ3v) is 2.77. The van der Waals surface area contributed by atoms with Gasteiger partial charge >= 0.3 is 0 Å². The predicted molar refractivity (Wildman–Crippen MR) is 59.3 cm³/mol. The fraction of sp³-hybridized carbons (Fsp3) is 0.385. The van der Waals surface area contributed by atoms with Gasteiger partial charge in [-0.25, -0.2) is 0 Å². The van der Waals surface area contributed by atoms with E-state index in [2.05, 4.69) is 0 Å². The Morgan fingerprint density at radius 1 is 1.44 bits per heavy atom. The molecule has 1 unspecified atom stereocenters. The van der Waals surface area contributed by atoms with Gasteiger partial charge < -0.3 is 9.53 Å². The molecule has 0 spiro atoms. The third-order valence-electron chi connectivity index (χ3n) is 2.77. The zero-order chi connectivity index (χ0) is 11.5. The molecule has 1 aliphatic heterocycles. The predicted octanol–water partition coefficient (Wildman–Crippen LogP) is 2.14. The normalized spacial score (nSPS) is 19.3. The van der Waals surface area contributed by atoms with Gasteiger partial charge in [-0.2, -0.15) is 0 Å². The number of ether oxygens (including phenoxy) is 1. The summed E-state index contributed by atoms with van der Waals surface area (Å²) in [7, 11) is 0. The molecule has 84 valence electrons. The molecule has 0 bridgehead atoms. The third kappa shape index (κ3) is 2.19. The highest BCUT2D eigenvalue weighted by atomic mass is 16.5. The summed E-state index contributed by atoms with van der Waals surface area (Å²) < 4.78 is 5.47. The number of rotatable bonds is 3. The van der Waals surface area contributed by atoms with Crippen molar-refractivity contribution in [2.24, 2.45) is 0 Å². The highest BCUT2D eigenvalue weighted by molar-refractivity contribution is 6.01. The summed E-state index contributed by atoms with van der Waals surface area (Å²) in [5, 5.41) is 0. The summed E-state index contributed by atoms with van der Waals surface area (Å²) in [6, 6.07) is 7.46. The quantitative estimate of drug-likeness (QED) is 0.780. The summed E-state index contributed by atoms with van der Waals surface area (Å²) in [6.07, 6.45) is 0.444. The zero-order valence-electron chi connectivity index (χ0n) is 9.23. The van der Waals surface area contributed by atoms with Crippen LogP contribution < -0.4 is 0 Å². The van der Waals surface area contributed by atoms with Gasteiger partial charge in [0.25, 0.3) is 0 Å². The SMILES string of the molecule is CC(=O)CCC1OCc2ccccc2C1=O. The van der Waals surface area contributed by atoms with E-state index in [1.165, 1.54) is 6.92 Å². The maximum absolute atomic E-state index is 12.0. The van der Waals surface area contributed by atoms with Gasteiger partial charge in [0.2, 0.25) is 0 Å². The second kappa shape index (κ2) is 4.58. The average Bonchev–Trinajstić information content (AvgIpc) is 2.28. The summed E-state index contributed by atoms with van der Waals surface area (Å²) in [5.74, 6) is 0.0957. The molecule has 1 atom stereocenters. The molecular weight excluding hydrogens is 204 g/mol. The lowest BCUT2D eigenvalue weighted by Gasteiger charge is -2.23. The Labute approximate surface area is 94.4 Å².